The van der Waals surface area contributed by atoms with Gasteiger partial charge in [0.25, 0.3) is 0 Å². The van der Waals surface area contributed by atoms with E-state index in [0.29, 0.717) is 18.6 Å². The number of carbonyl (C=O) groups is 1. The largest absolute Gasteiger partial charge is 0.480 e. The van der Waals surface area contributed by atoms with Crippen molar-refractivity contribution >= 4 is 22.7 Å². The number of aromatic nitrogens is 3. The second-order valence-electron chi connectivity index (χ2n) is 4.47. The minimum Gasteiger partial charge on any atom is -0.480 e. The molecule has 0 fully saturated rings. The number of rotatable bonds is 6. The summed E-state index contributed by atoms with van der Waals surface area (Å²) in [7, 11) is 0. The number of carboxylic acids is 1. The lowest BCUT2D eigenvalue weighted by atomic mass is 10.2. The topological polar surface area (TPSA) is 82.1 Å². The number of nitrogens with one attached hydrogen (secondary N) is 1. The molecule has 2 N–H and O–H groups in total. The van der Waals surface area contributed by atoms with Crippen molar-refractivity contribution in [2.75, 3.05) is 11.4 Å². The summed E-state index contributed by atoms with van der Waals surface area (Å²) in [4.78, 5) is 24.2. The summed E-state index contributed by atoms with van der Waals surface area (Å²) in [6.07, 6.45) is 11.5. The predicted molar refractivity (Wildman–Crippen MR) is 76.4 cm³/mol. The van der Waals surface area contributed by atoms with E-state index in [4.69, 9.17) is 6.42 Å². The standard InChI is InChI=1S/C14H16N4O2/c1-3-4-5-6-18(10(2)14(19)20)12-8-16-13-11(12)7-15-9-17-13/h1,7-10H,4-6H2,2H3,(H,19,20)(H,15,16,17)/t10-/m0/s1. The maximum Gasteiger partial charge on any atom is 0.326 e. The van der Waals surface area contributed by atoms with Gasteiger partial charge in [-0.05, 0) is 13.3 Å². The van der Waals surface area contributed by atoms with E-state index in [1.54, 1.807) is 19.3 Å². The van der Waals surface area contributed by atoms with Gasteiger partial charge in [-0.2, -0.15) is 0 Å². The Hall–Kier alpha value is -2.55. The molecule has 6 heteroatoms. The molecular weight excluding hydrogens is 256 g/mol. The fourth-order valence-electron chi connectivity index (χ4n) is 2.09. The molecule has 2 heterocycles. The van der Waals surface area contributed by atoms with E-state index in [-0.39, 0.29) is 0 Å². The first-order valence-electron chi connectivity index (χ1n) is 6.35. The SMILES string of the molecule is C#CCCCN(c1c[nH]c2ncncc12)[C@@H](C)C(=O)O. The zero-order chi connectivity index (χ0) is 14.5. The first kappa shape index (κ1) is 13.9. The number of hydrogen-bond donors (Lipinski definition) is 2. The number of aliphatic carboxylic acids is 1. The Labute approximate surface area is 116 Å². The van der Waals surface area contributed by atoms with Crippen molar-refractivity contribution in [2.24, 2.45) is 0 Å². The Balaban J connectivity index is 2.34. The van der Waals surface area contributed by atoms with Crippen molar-refractivity contribution in [1.82, 2.24) is 15.0 Å². The van der Waals surface area contributed by atoms with Crippen molar-refractivity contribution < 1.29 is 9.90 Å². The maximum atomic E-state index is 11.3. The van der Waals surface area contributed by atoms with Crippen LogP contribution in [0.3, 0.4) is 0 Å². The molecule has 1 atom stereocenters. The Morgan fingerprint density at radius 2 is 2.45 bits per heavy atom. The third-order valence-corrected chi connectivity index (χ3v) is 3.19. The number of nitrogens with zero attached hydrogens (tertiary/aromatic N) is 3. The lowest BCUT2D eigenvalue weighted by Crippen LogP contribution is -2.39. The summed E-state index contributed by atoms with van der Waals surface area (Å²) in [5.74, 6) is 1.69. The summed E-state index contributed by atoms with van der Waals surface area (Å²) in [6, 6.07) is -0.646. The van der Waals surface area contributed by atoms with Crippen LogP contribution in [0.25, 0.3) is 11.0 Å². The Bertz CT molecular complexity index is 644. The highest BCUT2D eigenvalue weighted by Crippen LogP contribution is 2.26. The van der Waals surface area contributed by atoms with Crippen LogP contribution in [-0.2, 0) is 4.79 Å². The van der Waals surface area contributed by atoms with Crippen LogP contribution in [0, 0.1) is 12.3 Å². The van der Waals surface area contributed by atoms with Gasteiger partial charge in [0.15, 0.2) is 0 Å². The number of carboxylic acid groups (broad SMARTS) is 1. The molecule has 2 aromatic rings. The highest BCUT2D eigenvalue weighted by molar-refractivity contribution is 5.92. The van der Waals surface area contributed by atoms with Gasteiger partial charge in [0.2, 0.25) is 0 Å². The van der Waals surface area contributed by atoms with Crippen LogP contribution >= 0.6 is 0 Å². The summed E-state index contributed by atoms with van der Waals surface area (Å²) >= 11 is 0. The Kier molecular flexibility index (Phi) is 4.20. The molecule has 0 aliphatic carbocycles. The smallest absolute Gasteiger partial charge is 0.326 e. The van der Waals surface area contributed by atoms with Crippen LogP contribution in [0.15, 0.2) is 18.7 Å². The summed E-state index contributed by atoms with van der Waals surface area (Å²) < 4.78 is 0. The van der Waals surface area contributed by atoms with Crippen molar-refractivity contribution in [2.45, 2.75) is 25.8 Å². The number of H-pyrrole nitrogens is 1. The molecule has 0 amide bonds. The average Bonchev–Trinajstić information content (AvgIpc) is 2.87. The van der Waals surface area contributed by atoms with Crippen molar-refractivity contribution in [3.05, 3.63) is 18.7 Å². The fourth-order valence-corrected chi connectivity index (χ4v) is 2.09. The molecule has 0 saturated carbocycles. The molecule has 0 bridgehead atoms. The normalized spacial score (nSPS) is 12.0. The third-order valence-electron chi connectivity index (χ3n) is 3.19. The van der Waals surface area contributed by atoms with E-state index >= 15 is 0 Å². The molecule has 104 valence electrons. The van der Waals surface area contributed by atoms with Gasteiger partial charge in [0.05, 0.1) is 11.1 Å². The number of aromatic amines is 1. The average molecular weight is 272 g/mol. The van der Waals surface area contributed by atoms with Gasteiger partial charge >= 0.3 is 5.97 Å². The lowest BCUT2D eigenvalue weighted by molar-refractivity contribution is -0.138. The van der Waals surface area contributed by atoms with Crippen LogP contribution in [0.4, 0.5) is 5.69 Å². The summed E-state index contributed by atoms with van der Waals surface area (Å²) in [5, 5.41) is 10.1. The van der Waals surface area contributed by atoms with E-state index in [2.05, 4.69) is 20.9 Å². The molecule has 6 nitrogen and oxygen atoms in total. The highest BCUT2D eigenvalue weighted by Gasteiger charge is 2.23. The van der Waals surface area contributed by atoms with Crippen LogP contribution in [0.5, 0.6) is 0 Å². The third kappa shape index (κ3) is 2.72. The number of terminal acetylenes is 1. The molecular formula is C14H16N4O2. The molecule has 2 rings (SSSR count). The van der Waals surface area contributed by atoms with Gasteiger partial charge in [-0.3, -0.25) is 0 Å². The fraction of sp³-hybridized carbons (Fsp3) is 0.357. The van der Waals surface area contributed by atoms with E-state index in [1.807, 2.05) is 4.90 Å². The molecule has 2 aromatic heterocycles. The van der Waals surface area contributed by atoms with Gasteiger partial charge in [-0.15, -0.1) is 12.3 Å². The number of fused-ring (bicyclic) bond motifs is 1. The van der Waals surface area contributed by atoms with Crippen molar-refractivity contribution in [1.29, 1.82) is 0 Å². The van der Waals surface area contributed by atoms with Crippen LogP contribution in [-0.4, -0.2) is 38.6 Å². The van der Waals surface area contributed by atoms with E-state index in [1.165, 1.54) is 6.33 Å². The lowest BCUT2D eigenvalue weighted by Gasteiger charge is -2.27. The molecule has 20 heavy (non-hydrogen) atoms. The molecule has 0 aliphatic rings. The van der Waals surface area contributed by atoms with Gasteiger partial charge in [-0.1, -0.05) is 0 Å². The summed E-state index contributed by atoms with van der Waals surface area (Å²) in [5.41, 5.74) is 1.47. The first-order valence-corrected chi connectivity index (χ1v) is 6.35. The van der Waals surface area contributed by atoms with E-state index in [0.717, 1.165) is 17.5 Å². The van der Waals surface area contributed by atoms with Crippen molar-refractivity contribution in [3.8, 4) is 12.3 Å². The Morgan fingerprint density at radius 3 is 3.15 bits per heavy atom. The maximum absolute atomic E-state index is 11.3. The second kappa shape index (κ2) is 6.06. The highest BCUT2D eigenvalue weighted by atomic mass is 16.4. The Morgan fingerprint density at radius 1 is 1.65 bits per heavy atom. The quantitative estimate of drug-likeness (QED) is 0.617. The molecule has 0 spiro atoms. The molecule has 0 saturated heterocycles. The van der Waals surface area contributed by atoms with Crippen LogP contribution in [0.1, 0.15) is 19.8 Å². The molecule has 0 unspecified atom stereocenters. The monoisotopic (exact) mass is 272 g/mol. The minimum absolute atomic E-state index is 0.569. The van der Waals surface area contributed by atoms with Crippen LogP contribution < -0.4 is 4.90 Å². The number of hydrogen-bond acceptors (Lipinski definition) is 4. The predicted octanol–water partition coefficient (Wildman–Crippen LogP) is 1.65. The zero-order valence-corrected chi connectivity index (χ0v) is 11.2. The minimum atomic E-state index is -0.878. The first-order chi connectivity index (χ1) is 9.65. The van der Waals surface area contributed by atoms with Gasteiger partial charge < -0.3 is 15.0 Å². The van der Waals surface area contributed by atoms with E-state index in [9.17, 15) is 9.90 Å². The molecule has 0 aromatic carbocycles. The number of anilines is 1. The van der Waals surface area contributed by atoms with Gasteiger partial charge in [-0.25, -0.2) is 14.8 Å². The molecule has 0 aliphatic heterocycles. The van der Waals surface area contributed by atoms with Gasteiger partial charge in [0, 0.05) is 25.4 Å². The van der Waals surface area contributed by atoms with Crippen LogP contribution in [0.2, 0.25) is 0 Å². The van der Waals surface area contributed by atoms with Gasteiger partial charge in [0.1, 0.15) is 18.0 Å². The van der Waals surface area contributed by atoms with Crippen molar-refractivity contribution in [3.63, 3.8) is 0 Å². The number of unbranched alkanes of at least 4 members (excludes halogenated alkanes) is 1. The van der Waals surface area contributed by atoms with E-state index < -0.39 is 12.0 Å². The zero-order valence-electron chi connectivity index (χ0n) is 11.2. The second-order valence-corrected chi connectivity index (χ2v) is 4.47. The summed E-state index contributed by atoms with van der Waals surface area (Å²) in [6.45, 7) is 2.22. The molecule has 0 radical (unpaired) electrons.